The maximum Gasteiger partial charge on any atom is 0.182 e. The van der Waals surface area contributed by atoms with Gasteiger partial charge in [0.1, 0.15) is 0 Å². The van der Waals surface area contributed by atoms with Crippen LogP contribution in [0.5, 0.6) is 0 Å². The van der Waals surface area contributed by atoms with Crippen LogP contribution in [0.4, 0.5) is 5.69 Å². The van der Waals surface area contributed by atoms with E-state index in [9.17, 15) is 0 Å². The molecular weight excluding hydrogens is 282 g/mol. The molecule has 6 heteroatoms. The summed E-state index contributed by atoms with van der Waals surface area (Å²) in [7, 11) is 0. The quantitative estimate of drug-likeness (QED) is 0.862. The summed E-state index contributed by atoms with van der Waals surface area (Å²) in [6, 6.07) is 5.77. The molecule has 1 saturated carbocycles. The van der Waals surface area contributed by atoms with Gasteiger partial charge in [0.2, 0.25) is 0 Å². The van der Waals surface area contributed by atoms with E-state index in [1.165, 1.54) is 0 Å². The molecule has 0 amide bonds. The summed E-state index contributed by atoms with van der Waals surface area (Å²) in [5.74, 6) is 0.782. The molecule has 17 heavy (non-hydrogen) atoms. The second-order valence-corrected chi connectivity index (χ2v) is 5.50. The first kappa shape index (κ1) is 10.7. The summed E-state index contributed by atoms with van der Waals surface area (Å²) in [4.78, 5) is 0. The number of aromatic nitrogens is 4. The van der Waals surface area contributed by atoms with Gasteiger partial charge in [0.25, 0.3) is 0 Å². The van der Waals surface area contributed by atoms with E-state index >= 15 is 0 Å². The minimum absolute atomic E-state index is 0.0840. The summed E-state index contributed by atoms with van der Waals surface area (Å²) in [6.45, 7) is 2.16. The number of anilines is 1. The standard InChI is InChI=1S/C11H12BrN5/c1-11(4-5-11)17-10(14-15-16-17)7-2-3-8(12)9(13)6-7/h2-3,6H,4-5,13H2,1H3. The minimum Gasteiger partial charge on any atom is -0.398 e. The van der Waals surface area contributed by atoms with Crippen LogP contribution in [0.15, 0.2) is 22.7 Å². The summed E-state index contributed by atoms with van der Waals surface area (Å²) in [5, 5.41) is 11.9. The van der Waals surface area contributed by atoms with Gasteiger partial charge >= 0.3 is 0 Å². The lowest BCUT2D eigenvalue weighted by molar-refractivity contribution is 0.463. The first-order valence-corrected chi connectivity index (χ1v) is 6.24. The maximum absolute atomic E-state index is 5.88. The fourth-order valence-corrected chi connectivity index (χ4v) is 2.05. The van der Waals surface area contributed by atoms with E-state index in [-0.39, 0.29) is 5.54 Å². The van der Waals surface area contributed by atoms with Crippen LogP contribution in [0.25, 0.3) is 11.4 Å². The average Bonchev–Trinajstić information content (AvgIpc) is 2.87. The number of hydrogen-bond acceptors (Lipinski definition) is 4. The summed E-state index contributed by atoms with van der Waals surface area (Å²) in [5.41, 5.74) is 7.60. The average molecular weight is 294 g/mol. The minimum atomic E-state index is 0.0840. The molecule has 0 aliphatic heterocycles. The Balaban J connectivity index is 2.09. The zero-order valence-corrected chi connectivity index (χ0v) is 11.0. The van der Waals surface area contributed by atoms with Gasteiger partial charge in [0.15, 0.2) is 5.82 Å². The van der Waals surface area contributed by atoms with Gasteiger partial charge in [-0.15, -0.1) is 5.10 Å². The molecule has 1 aromatic heterocycles. The van der Waals surface area contributed by atoms with Gasteiger partial charge in [0, 0.05) is 15.7 Å². The number of halogens is 1. The van der Waals surface area contributed by atoms with Gasteiger partial charge in [-0.1, -0.05) is 0 Å². The van der Waals surface area contributed by atoms with Crippen LogP contribution in [0.3, 0.4) is 0 Å². The molecule has 0 spiro atoms. The molecular formula is C11H12BrN5. The van der Waals surface area contributed by atoms with Crippen molar-refractivity contribution >= 4 is 21.6 Å². The Labute approximate surface area is 107 Å². The summed E-state index contributed by atoms with van der Waals surface area (Å²) in [6.07, 6.45) is 2.24. The molecule has 1 aliphatic rings. The molecule has 0 bridgehead atoms. The molecule has 2 aromatic rings. The number of nitrogen functional groups attached to an aromatic ring is 1. The van der Waals surface area contributed by atoms with Crippen LogP contribution >= 0.6 is 15.9 Å². The Morgan fingerprint density at radius 2 is 2.18 bits per heavy atom. The molecule has 0 atom stereocenters. The highest BCUT2D eigenvalue weighted by Gasteiger charge is 2.42. The third kappa shape index (κ3) is 1.72. The lowest BCUT2D eigenvalue weighted by Gasteiger charge is -2.11. The topological polar surface area (TPSA) is 69.6 Å². The van der Waals surface area contributed by atoms with Crippen molar-refractivity contribution in [1.82, 2.24) is 20.2 Å². The highest BCUT2D eigenvalue weighted by Crippen LogP contribution is 2.44. The van der Waals surface area contributed by atoms with Crippen LogP contribution in [-0.4, -0.2) is 20.2 Å². The second kappa shape index (κ2) is 3.53. The number of rotatable bonds is 2. The molecule has 88 valence electrons. The normalized spacial score (nSPS) is 17.1. The molecule has 2 N–H and O–H groups in total. The predicted molar refractivity (Wildman–Crippen MR) is 68.2 cm³/mol. The van der Waals surface area contributed by atoms with E-state index in [1.807, 2.05) is 22.9 Å². The number of benzene rings is 1. The third-order valence-electron chi connectivity index (χ3n) is 3.21. The first-order valence-electron chi connectivity index (χ1n) is 5.44. The van der Waals surface area contributed by atoms with Crippen molar-refractivity contribution in [2.75, 3.05) is 5.73 Å². The van der Waals surface area contributed by atoms with Gasteiger partial charge in [-0.25, -0.2) is 4.68 Å². The lowest BCUT2D eigenvalue weighted by Crippen LogP contribution is -2.15. The predicted octanol–water partition coefficient (Wildman–Crippen LogP) is 2.19. The van der Waals surface area contributed by atoms with Gasteiger partial charge in [-0.05, 0) is 64.3 Å². The Morgan fingerprint density at radius 1 is 1.41 bits per heavy atom. The summed E-state index contributed by atoms with van der Waals surface area (Å²) < 4.78 is 2.79. The molecule has 0 unspecified atom stereocenters. The van der Waals surface area contributed by atoms with Crippen molar-refractivity contribution in [3.05, 3.63) is 22.7 Å². The Hall–Kier alpha value is -1.43. The van der Waals surface area contributed by atoms with Gasteiger partial charge in [-0.3, -0.25) is 0 Å². The Bertz CT molecular complexity index is 573. The summed E-state index contributed by atoms with van der Waals surface area (Å²) >= 11 is 3.38. The highest BCUT2D eigenvalue weighted by molar-refractivity contribution is 9.10. The lowest BCUT2D eigenvalue weighted by atomic mass is 10.2. The molecule has 0 radical (unpaired) electrons. The Morgan fingerprint density at radius 3 is 2.82 bits per heavy atom. The molecule has 3 rings (SSSR count). The van der Waals surface area contributed by atoms with Crippen LogP contribution in [-0.2, 0) is 5.54 Å². The van der Waals surface area contributed by atoms with Crippen molar-refractivity contribution < 1.29 is 0 Å². The zero-order valence-electron chi connectivity index (χ0n) is 9.39. The molecule has 1 fully saturated rings. The van der Waals surface area contributed by atoms with Gasteiger partial charge < -0.3 is 5.73 Å². The van der Waals surface area contributed by atoms with Crippen molar-refractivity contribution in [2.24, 2.45) is 0 Å². The number of hydrogen-bond donors (Lipinski definition) is 1. The van der Waals surface area contributed by atoms with Crippen molar-refractivity contribution in [1.29, 1.82) is 0 Å². The number of nitrogens with zero attached hydrogens (tertiary/aromatic N) is 4. The number of nitrogens with two attached hydrogens (primary N) is 1. The Kier molecular flexibility index (Phi) is 2.22. The van der Waals surface area contributed by atoms with Crippen molar-refractivity contribution in [2.45, 2.75) is 25.3 Å². The SMILES string of the molecule is CC1(n2nnnc2-c2ccc(Br)c(N)c2)CC1. The maximum atomic E-state index is 5.88. The second-order valence-electron chi connectivity index (χ2n) is 4.65. The van der Waals surface area contributed by atoms with Gasteiger partial charge in [0.05, 0.1) is 5.54 Å². The van der Waals surface area contributed by atoms with E-state index in [0.29, 0.717) is 5.69 Å². The largest absolute Gasteiger partial charge is 0.398 e. The van der Waals surface area contributed by atoms with E-state index in [1.54, 1.807) is 0 Å². The molecule has 0 saturated heterocycles. The highest BCUT2D eigenvalue weighted by atomic mass is 79.9. The van der Waals surface area contributed by atoms with E-state index < -0.39 is 0 Å². The van der Waals surface area contributed by atoms with Crippen LogP contribution in [0.1, 0.15) is 19.8 Å². The molecule has 1 heterocycles. The fourth-order valence-electron chi connectivity index (χ4n) is 1.81. The smallest absolute Gasteiger partial charge is 0.182 e. The van der Waals surface area contributed by atoms with E-state index in [0.717, 1.165) is 28.7 Å². The van der Waals surface area contributed by atoms with E-state index in [4.69, 9.17) is 5.73 Å². The molecule has 1 aliphatic carbocycles. The van der Waals surface area contributed by atoms with E-state index in [2.05, 4.69) is 38.4 Å². The van der Waals surface area contributed by atoms with Crippen LogP contribution in [0, 0.1) is 0 Å². The van der Waals surface area contributed by atoms with Crippen molar-refractivity contribution in [3.8, 4) is 11.4 Å². The van der Waals surface area contributed by atoms with Gasteiger partial charge in [-0.2, -0.15) is 0 Å². The first-order chi connectivity index (χ1) is 8.10. The third-order valence-corrected chi connectivity index (χ3v) is 3.93. The fraction of sp³-hybridized carbons (Fsp3) is 0.364. The van der Waals surface area contributed by atoms with Crippen LogP contribution in [0.2, 0.25) is 0 Å². The van der Waals surface area contributed by atoms with Crippen LogP contribution < -0.4 is 5.73 Å². The molecule has 1 aromatic carbocycles. The molecule has 5 nitrogen and oxygen atoms in total. The monoisotopic (exact) mass is 293 g/mol. The zero-order chi connectivity index (χ0) is 12.0. The number of tetrazole rings is 1. The van der Waals surface area contributed by atoms with Crippen molar-refractivity contribution in [3.63, 3.8) is 0 Å².